The van der Waals surface area contributed by atoms with E-state index < -0.39 is 0 Å². The van der Waals surface area contributed by atoms with Crippen LogP contribution in [0.5, 0.6) is 0 Å². The van der Waals surface area contributed by atoms with Crippen molar-refractivity contribution >= 4 is 17.7 Å². The van der Waals surface area contributed by atoms with E-state index in [2.05, 4.69) is 15.3 Å². The fourth-order valence-electron chi connectivity index (χ4n) is 1.04. The lowest BCUT2D eigenvalue weighted by Gasteiger charge is -2.06. The fourth-order valence-corrected chi connectivity index (χ4v) is 1.91. The number of nitrogens with one attached hydrogen (secondary N) is 1. The molecule has 0 aliphatic heterocycles. The molecule has 0 spiro atoms. The highest BCUT2D eigenvalue weighted by molar-refractivity contribution is 7.99. The SMILES string of the molecule is CCNc1ncc(C)c(SCCOC)n1. The van der Waals surface area contributed by atoms with E-state index in [0.717, 1.165) is 29.5 Å². The third-order valence-electron chi connectivity index (χ3n) is 1.79. The Labute approximate surface area is 94.8 Å². The van der Waals surface area contributed by atoms with Crippen molar-refractivity contribution in [3.63, 3.8) is 0 Å². The first-order valence-corrected chi connectivity index (χ1v) is 5.95. The third kappa shape index (κ3) is 4.05. The Morgan fingerprint density at radius 1 is 1.53 bits per heavy atom. The third-order valence-corrected chi connectivity index (χ3v) is 2.84. The second-order valence-corrected chi connectivity index (χ2v) is 4.14. The van der Waals surface area contributed by atoms with Crippen LogP contribution in [0.1, 0.15) is 12.5 Å². The quantitative estimate of drug-likeness (QED) is 0.457. The summed E-state index contributed by atoms with van der Waals surface area (Å²) in [4.78, 5) is 8.61. The van der Waals surface area contributed by atoms with E-state index in [1.54, 1.807) is 18.9 Å². The molecular formula is C10H17N3OS. The van der Waals surface area contributed by atoms with Crippen LogP contribution in [0, 0.1) is 6.92 Å². The van der Waals surface area contributed by atoms with Gasteiger partial charge in [0.25, 0.3) is 0 Å². The van der Waals surface area contributed by atoms with Crippen LogP contribution in [0.4, 0.5) is 5.95 Å². The Bertz CT molecular complexity index is 307. The predicted octanol–water partition coefficient (Wildman–Crippen LogP) is 1.96. The van der Waals surface area contributed by atoms with Crippen molar-refractivity contribution in [1.29, 1.82) is 0 Å². The summed E-state index contributed by atoms with van der Waals surface area (Å²) in [6.45, 7) is 5.63. The second-order valence-electron chi connectivity index (χ2n) is 3.05. The van der Waals surface area contributed by atoms with E-state index in [4.69, 9.17) is 4.74 Å². The van der Waals surface area contributed by atoms with Crippen LogP contribution >= 0.6 is 11.8 Å². The molecule has 0 aromatic carbocycles. The topological polar surface area (TPSA) is 47.0 Å². The zero-order chi connectivity index (χ0) is 11.1. The van der Waals surface area contributed by atoms with Crippen LogP contribution in [0.3, 0.4) is 0 Å². The van der Waals surface area contributed by atoms with Gasteiger partial charge in [-0.25, -0.2) is 9.97 Å². The number of thioether (sulfide) groups is 1. The lowest BCUT2D eigenvalue weighted by Crippen LogP contribution is -2.03. The summed E-state index contributed by atoms with van der Waals surface area (Å²) in [5.41, 5.74) is 1.11. The number of methoxy groups -OCH3 is 1. The minimum absolute atomic E-state index is 0.697. The molecule has 84 valence electrons. The fraction of sp³-hybridized carbons (Fsp3) is 0.600. The summed E-state index contributed by atoms with van der Waals surface area (Å²) in [6.07, 6.45) is 1.85. The maximum Gasteiger partial charge on any atom is 0.223 e. The molecule has 0 saturated heterocycles. The standard InChI is InChI=1S/C10H17N3OS/c1-4-11-10-12-7-8(2)9(13-10)15-6-5-14-3/h7H,4-6H2,1-3H3,(H,11,12,13). The number of ether oxygens (including phenoxy) is 1. The lowest BCUT2D eigenvalue weighted by atomic mass is 10.4. The number of nitrogens with zero attached hydrogens (tertiary/aromatic N) is 2. The molecular weight excluding hydrogens is 210 g/mol. The highest BCUT2D eigenvalue weighted by Gasteiger charge is 2.03. The minimum Gasteiger partial charge on any atom is -0.384 e. The molecule has 5 heteroatoms. The number of aryl methyl sites for hydroxylation is 1. The summed E-state index contributed by atoms with van der Waals surface area (Å²) in [5, 5.41) is 4.12. The average molecular weight is 227 g/mol. The summed E-state index contributed by atoms with van der Waals surface area (Å²) in [7, 11) is 1.71. The van der Waals surface area contributed by atoms with E-state index in [0.29, 0.717) is 5.95 Å². The molecule has 0 saturated carbocycles. The largest absolute Gasteiger partial charge is 0.384 e. The van der Waals surface area contributed by atoms with E-state index in [9.17, 15) is 0 Å². The van der Waals surface area contributed by atoms with Crippen LogP contribution in [-0.2, 0) is 4.74 Å². The lowest BCUT2D eigenvalue weighted by molar-refractivity contribution is 0.218. The zero-order valence-electron chi connectivity index (χ0n) is 9.41. The molecule has 0 aliphatic carbocycles. The molecule has 1 rings (SSSR count). The highest BCUT2D eigenvalue weighted by atomic mass is 32.2. The number of aromatic nitrogens is 2. The van der Waals surface area contributed by atoms with Gasteiger partial charge in [-0.15, -0.1) is 11.8 Å². The molecule has 0 fully saturated rings. The zero-order valence-corrected chi connectivity index (χ0v) is 10.2. The molecule has 0 atom stereocenters. The molecule has 0 radical (unpaired) electrons. The van der Waals surface area contributed by atoms with Gasteiger partial charge >= 0.3 is 0 Å². The van der Waals surface area contributed by atoms with Crippen molar-refractivity contribution in [2.24, 2.45) is 0 Å². The van der Waals surface area contributed by atoms with E-state index in [1.807, 2.05) is 20.0 Å². The Kier molecular flexibility index (Phi) is 5.42. The maximum atomic E-state index is 5.00. The van der Waals surface area contributed by atoms with Crippen molar-refractivity contribution in [2.45, 2.75) is 18.9 Å². The van der Waals surface area contributed by atoms with E-state index in [-0.39, 0.29) is 0 Å². The molecule has 0 aliphatic rings. The second kappa shape index (κ2) is 6.63. The van der Waals surface area contributed by atoms with Gasteiger partial charge in [-0.05, 0) is 19.4 Å². The van der Waals surface area contributed by atoms with Gasteiger partial charge in [-0.3, -0.25) is 0 Å². The Hall–Kier alpha value is -0.810. The highest BCUT2D eigenvalue weighted by Crippen LogP contribution is 2.20. The average Bonchev–Trinajstić information content (AvgIpc) is 2.23. The number of anilines is 1. The summed E-state index contributed by atoms with van der Waals surface area (Å²) in [6, 6.07) is 0. The van der Waals surface area contributed by atoms with Crippen LogP contribution in [0.15, 0.2) is 11.2 Å². The Morgan fingerprint density at radius 2 is 2.33 bits per heavy atom. The number of rotatable bonds is 6. The minimum atomic E-state index is 0.697. The number of hydrogen-bond acceptors (Lipinski definition) is 5. The van der Waals surface area contributed by atoms with Gasteiger partial charge in [0.1, 0.15) is 5.03 Å². The van der Waals surface area contributed by atoms with E-state index >= 15 is 0 Å². The smallest absolute Gasteiger partial charge is 0.223 e. The predicted molar refractivity (Wildman–Crippen MR) is 63.5 cm³/mol. The first kappa shape index (κ1) is 12.3. The van der Waals surface area contributed by atoms with Gasteiger partial charge in [0.2, 0.25) is 5.95 Å². The van der Waals surface area contributed by atoms with E-state index in [1.165, 1.54) is 0 Å². The van der Waals surface area contributed by atoms with Crippen molar-refractivity contribution in [3.8, 4) is 0 Å². The van der Waals surface area contributed by atoms with Gasteiger partial charge in [-0.1, -0.05) is 0 Å². The first-order valence-electron chi connectivity index (χ1n) is 4.97. The van der Waals surface area contributed by atoms with Crippen LogP contribution in [0.25, 0.3) is 0 Å². The van der Waals surface area contributed by atoms with Gasteiger partial charge in [0, 0.05) is 25.6 Å². The molecule has 15 heavy (non-hydrogen) atoms. The van der Waals surface area contributed by atoms with Gasteiger partial charge in [-0.2, -0.15) is 0 Å². The monoisotopic (exact) mass is 227 g/mol. The summed E-state index contributed by atoms with van der Waals surface area (Å²) in [5.74, 6) is 1.61. The van der Waals surface area contributed by atoms with Crippen LogP contribution in [-0.4, -0.2) is 36.0 Å². The Balaban J connectivity index is 2.63. The molecule has 1 aromatic rings. The molecule has 1 N–H and O–H groups in total. The summed E-state index contributed by atoms with van der Waals surface area (Å²) < 4.78 is 5.00. The molecule has 4 nitrogen and oxygen atoms in total. The van der Waals surface area contributed by atoms with Crippen molar-refractivity contribution in [3.05, 3.63) is 11.8 Å². The van der Waals surface area contributed by atoms with Crippen molar-refractivity contribution in [2.75, 3.05) is 31.3 Å². The van der Waals surface area contributed by atoms with Crippen LogP contribution < -0.4 is 5.32 Å². The molecule has 0 unspecified atom stereocenters. The molecule has 1 heterocycles. The van der Waals surface area contributed by atoms with Gasteiger partial charge in [0.05, 0.1) is 6.61 Å². The molecule has 0 bridgehead atoms. The van der Waals surface area contributed by atoms with Gasteiger partial charge in [0.15, 0.2) is 0 Å². The Morgan fingerprint density at radius 3 is 3.00 bits per heavy atom. The van der Waals surface area contributed by atoms with Crippen molar-refractivity contribution < 1.29 is 4.74 Å². The summed E-state index contributed by atoms with van der Waals surface area (Å²) >= 11 is 1.70. The maximum absolute atomic E-state index is 5.00. The molecule has 1 aromatic heterocycles. The van der Waals surface area contributed by atoms with Crippen molar-refractivity contribution in [1.82, 2.24) is 9.97 Å². The number of hydrogen-bond donors (Lipinski definition) is 1. The van der Waals surface area contributed by atoms with Gasteiger partial charge < -0.3 is 10.1 Å². The molecule has 0 amide bonds. The normalized spacial score (nSPS) is 10.3. The first-order chi connectivity index (χ1) is 7.27. The van der Waals surface area contributed by atoms with Crippen LogP contribution in [0.2, 0.25) is 0 Å².